The van der Waals surface area contributed by atoms with Crippen LogP contribution >= 0.6 is 0 Å². The second-order valence-corrected chi connectivity index (χ2v) is 5.94. The van der Waals surface area contributed by atoms with Crippen molar-refractivity contribution in [2.75, 3.05) is 19.6 Å². The van der Waals surface area contributed by atoms with Gasteiger partial charge in [-0.15, -0.1) is 0 Å². The van der Waals surface area contributed by atoms with Gasteiger partial charge in [-0.3, -0.25) is 0 Å². The molecule has 1 unspecified atom stereocenters. The Morgan fingerprint density at radius 1 is 1.41 bits per heavy atom. The third-order valence-corrected chi connectivity index (χ3v) is 4.26. The van der Waals surface area contributed by atoms with E-state index in [1.807, 2.05) is 18.3 Å². The highest BCUT2D eigenvalue weighted by molar-refractivity contribution is 5.83. The van der Waals surface area contributed by atoms with Crippen molar-refractivity contribution in [2.24, 2.45) is 0 Å². The molecule has 1 aromatic heterocycles. The lowest BCUT2D eigenvalue weighted by atomic mass is 10.1. The van der Waals surface area contributed by atoms with Crippen LogP contribution in [0.1, 0.15) is 24.8 Å². The van der Waals surface area contributed by atoms with Crippen LogP contribution in [0.3, 0.4) is 0 Å². The lowest BCUT2D eigenvalue weighted by molar-refractivity contribution is 0.0843. The summed E-state index contributed by atoms with van der Waals surface area (Å²) in [4.78, 5) is 17.0. The molecule has 1 fully saturated rings. The molecule has 118 valence electrons. The summed E-state index contributed by atoms with van der Waals surface area (Å²) in [7, 11) is 0. The van der Waals surface area contributed by atoms with Crippen molar-refractivity contribution >= 4 is 16.9 Å². The molecule has 0 bridgehead atoms. The number of hydrogen-bond acceptors (Lipinski definition) is 2. The fourth-order valence-corrected chi connectivity index (χ4v) is 3.06. The minimum atomic E-state index is -0.370. The third-order valence-electron chi connectivity index (χ3n) is 4.26. The molecule has 3 rings (SSSR count). The summed E-state index contributed by atoms with van der Waals surface area (Å²) in [5, 5.41) is 13.8. The number of fused-ring (bicyclic) bond motifs is 1. The second-order valence-electron chi connectivity index (χ2n) is 5.94. The Hall–Kier alpha value is -2.01. The molecular weight excluding hydrogens is 278 g/mol. The predicted octanol–water partition coefficient (Wildman–Crippen LogP) is 2.27. The number of carbonyl (C=O) groups excluding carboxylic acids is 1. The van der Waals surface area contributed by atoms with E-state index in [-0.39, 0.29) is 12.1 Å². The van der Waals surface area contributed by atoms with Gasteiger partial charge in [-0.1, -0.05) is 18.2 Å². The van der Waals surface area contributed by atoms with Gasteiger partial charge in [0, 0.05) is 36.7 Å². The number of nitrogens with one attached hydrogen (secondary N) is 2. The fourth-order valence-electron chi connectivity index (χ4n) is 3.06. The SMILES string of the molecule is O=C(NCCCc1c[nH]c2ccccc12)N1CCCC(O)C1. The standard InChI is InChI=1S/C17H23N3O2/c21-14-6-4-10-20(12-14)17(22)18-9-3-5-13-11-19-16-8-2-1-7-15(13)16/h1-2,7-8,11,14,19,21H,3-6,9-10,12H2,(H,18,22). The van der Waals surface area contributed by atoms with Gasteiger partial charge in [-0.05, 0) is 37.3 Å². The number of aromatic nitrogens is 1. The molecule has 0 saturated carbocycles. The van der Waals surface area contributed by atoms with Crippen LogP contribution in [0.2, 0.25) is 0 Å². The number of urea groups is 1. The molecule has 0 radical (unpaired) electrons. The summed E-state index contributed by atoms with van der Waals surface area (Å²) in [6.07, 6.45) is 5.20. The van der Waals surface area contributed by atoms with Crippen molar-refractivity contribution in [1.82, 2.24) is 15.2 Å². The number of aromatic amines is 1. The molecular formula is C17H23N3O2. The molecule has 1 saturated heterocycles. The van der Waals surface area contributed by atoms with Gasteiger partial charge in [0.2, 0.25) is 0 Å². The first-order chi connectivity index (χ1) is 10.7. The number of piperidine rings is 1. The molecule has 3 N–H and O–H groups in total. The number of benzene rings is 1. The van der Waals surface area contributed by atoms with Crippen molar-refractivity contribution in [1.29, 1.82) is 0 Å². The highest BCUT2D eigenvalue weighted by Gasteiger charge is 2.21. The van der Waals surface area contributed by atoms with E-state index in [4.69, 9.17) is 0 Å². The van der Waals surface area contributed by atoms with Crippen LogP contribution in [0, 0.1) is 0 Å². The maximum atomic E-state index is 12.0. The van der Waals surface area contributed by atoms with Gasteiger partial charge < -0.3 is 20.3 Å². The minimum Gasteiger partial charge on any atom is -0.391 e. The maximum absolute atomic E-state index is 12.0. The van der Waals surface area contributed by atoms with Crippen LogP contribution in [0.4, 0.5) is 4.79 Å². The van der Waals surface area contributed by atoms with Crippen LogP contribution in [-0.4, -0.2) is 46.8 Å². The van der Waals surface area contributed by atoms with Crippen molar-refractivity contribution in [3.63, 3.8) is 0 Å². The average molecular weight is 301 g/mol. The minimum absolute atomic E-state index is 0.0577. The van der Waals surface area contributed by atoms with E-state index < -0.39 is 0 Å². The summed E-state index contributed by atoms with van der Waals surface area (Å²) >= 11 is 0. The van der Waals surface area contributed by atoms with Crippen molar-refractivity contribution in [2.45, 2.75) is 31.8 Å². The van der Waals surface area contributed by atoms with Gasteiger partial charge in [-0.2, -0.15) is 0 Å². The molecule has 1 aromatic carbocycles. The van der Waals surface area contributed by atoms with E-state index in [9.17, 15) is 9.90 Å². The second kappa shape index (κ2) is 6.83. The first-order valence-corrected chi connectivity index (χ1v) is 8.00. The molecule has 0 aliphatic carbocycles. The number of carbonyl (C=O) groups is 1. The van der Waals surface area contributed by atoms with Gasteiger partial charge in [0.05, 0.1) is 6.10 Å². The quantitative estimate of drug-likeness (QED) is 0.758. The van der Waals surface area contributed by atoms with Crippen molar-refractivity contribution in [3.05, 3.63) is 36.0 Å². The third kappa shape index (κ3) is 3.42. The summed E-state index contributed by atoms with van der Waals surface area (Å²) < 4.78 is 0. The van der Waals surface area contributed by atoms with Crippen molar-refractivity contribution in [3.8, 4) is 0 Å². The first kappa shape index (κ1) is 14.9. The van der Waals surface area contributed by atoms with Crippen molar-refractivity contribution < 1.29 is 9.90 Å². The molecule has 5 heteroatoms. The number of para-hydroxylation sites is 1. The highest BCUT2D eigenvalue weighted by Crippen LogP contribution is 2.18. The highest BCUT2D eigenvalue weighted by atomic mass is 16.3. The molecule has 1 atom stereocenters. The zero-order valence-corrected chi connectivity index (χ0v) is 12.7. The van der Waals surface area contributed by atoms with E-state index in [0.29, 0.717) is 13.1 Å². The summed E-state index contributed by atoms with van der Waals surface area (Å²) in [5.74, 6) is 0. The lowest BCUT2D eigenvalue weighted by Crippen LogP contribution is -2.47. The number of H-pyrrole nitrogens is 1. The summed E-state index contributed by atoms with van der Waals surface area (Å²) in [6, 6.07) is 8.20. The van der Waals surface area contributed by atoms with E-state index in [1.54, 1.807) is 4.90 Å². The largest absolute Gasteiger partial charge is 0.391 e. The molecule has 2 aromatic rings. The van der Waals surface area contributed by atoms with Crippen LogP contribution in [0.25, 0.3) is 10.9 Å². The Labute approximate surface area is 130 Å². The molecule has 5 nitrogen and oxygen atoms in total. The molecule has 0 spiro atoms. The summed E-state index contributed by atoms with van der Waals surface area (Å²) in [6.45, 7) is 1.85. The van der Waals surface area contributed by atoms with Gasteiger partial charge in [0.25, 0.3) is 0 Å². The monoisotopic (exact) mass is 301 g/mol. The Morgan fingerprint density at radius 3 is 3.14 bits per heavy atom. The lowest BCUT2D eigenvalue weighted by Gasteiger charge is -2.30. The number of β-amino-alcohol motifs (C(OH)–C–C–N with tert-alkyl or cyclic N) is 1. The van der Waals surface area contributed by atoms with Crippen LogP contribution in [0.5, 0.6) is 0 Å². The number of rotatable bonds is 4. The molecule has 22 heavy (non-hydrogen) atoms. The molecule has 1 aliphatic heterocycles. The first-order valence-electron chi connectivity index (χ1n) is 8.00. The Bertz CT molecular complexity index is 638. The number of likely N-dealkylation sites (tertiary alicyclic amines) is 1. The Morgan fingerprint density at radius 2 is 2.27 bits per heavy atom. The zero-order chi connectivity index (χ0) is 15.4. The van der Waals surface area contributed by atoms with Crippen LogP contribution in [-0.2, 0) is 6.42 Å². The fraction of sp³-hybridized carbons (Fsp3) is 0.471. The zero-order valence-electron chi connectivity index (χ0n) is 12.7. The number of aliphatic hydroxyl groups excluding tert-OH is 1. The molecule has 2 amide bonds. The number of aryl methyl sites for hydroxylation is 1. The number of amides is 2. The van der Waals surface area contributed by atoms with Gasteiger partial charge in [0.15, 0.2) is 0 Å². The van der Waals surface area contributed by atoms with Crippen LogP contribution < -0.4 is 5.32 Å². The predicted molar refractivity (Wildman–Crippen MR) is 86.8 cm³/mol. The van der Waals surface area contributed by atoms with Crippen LogP contribution in [0.15, 0.2) is 30.5 Å². The molecule has 2 heterocycles. The van der Waals surface area contributed by atoms with Gasteiger partial charge >= 0.3 is 6.03 Å². The molecule has 1 aliphatic rings. The number of hydrogen-bond donors (Lipinski definition) is 3. The topological polar surface area (TPSA) is 68.4 Å². The average Bonchev–Trinajstić information content (AvgIpc) is 2.95. The number of nitrogens with zero attached hydrogens (tertiary/aromatic N) is 1. The summed E-state index contributed by atoms with van der Waals surface area (Å²) in [5.41, 5.74) is 2.45. The number of aliphatic hydroxyl groups is 1. The van der Waals surface area contributed by atoms with E-state index >= 15 is 0 Å². The maximum Gasteiger partial charge on any atom is 0.317 e. The normalized spacial score (nSPS) is 18.6. The smallest absolute Gasteiger partial charge is 0.317 e. The Kier molecular flexibility index (Phi) is 4.63. The van der Waals surface area contributed by atoms with E-state index in [1.165, 1.54) is 10.9 Å². The van der Waals surface area contributed by atoms with Gasteiger partial charge in [-0.25, -0.2) is 4.79 Å². The Balaban J connectivity index is 1.44. The van der Waals surface area contributed by atoms with Gasteiger partial charge in [0.1, 0.15) is 0 Å². The van der Waals surface area contributed by atoms with E-state index in [0.717, 1.165) is 37.7 Å². The van der Waals surface area contributed by atoms with E-state index in [2.05, 4.69) is 22.4 Å².